The summed E-state index contributed by atoms with van der Waals surface area (Å²) in [6.07, 6.45) is 8.15. The van der Waals surface area contributed by atoms with Crippen molar-refractivity contribution in [3.63, 3.8) is 0 Å². The predicted octanol–water partition coefficient (Wildman–Crippen LogP) is 0.578. The molecular formula is C15H28N4O2. The number of rotatable bonds is 6. The minimum absolute atomic E-state index is 0.626. The van der Waals surface area contributed by atoms with Crippen molar-refractivity contribution in [3.05, 3.63) is 24.8 Å². The quantitative estimate of drug-likeness (QED) is 0.748. The largest absolute Gasteiger partial charge is 0.389 e. The molecule has 0 unspecified atom stereocenters. The molecule has 2 heterocycles. The van der Waals surface area contributed by atoms with E-state index in [0.29, 0.717) is 13.1 Å². The first-order valence-corrected chi connectivity index (χ1v) is 7.38. The van der Waals surface area contributed by atoms with Crippen LogP contribution in [-0.2, 0) is 0 Å². The van der Waals surface area contributed by atoms with Crippen molar-refractivity contribution in [1.82, 2.24) is 19.6 Å². The van der Waals surface area contributed by atoms with Crippen LogP contribution in [0.25, 0.3) is 0 Å². The third kappa shape index (κ3) is 5.47. The maximum absolute atomic E-state index is 9.85. The first-order valence-electron chi connectivity index (χ1n) is 7.38. The molecule has 0 radical (unpaired) electrons. The van der Waals surface area contributed by atoms with Crippen LogP contribution in [0.3, 0.4) is 0 Å². The van der Waals surface area contributed by atoms with E-state index in [1.807, 2.05) is 40.1 Å². The predicted molar refractivity (Wildman–Crippen MR) is 82.6 cm³/mol. The molecule has 0 amide bonds. The van der Waals surface area contributed by atoms with Gasteiger partial charge in [-0.15, -0.1) is 0 Å². The molecule has 120 valence electrons. The summed E-state index contributed by atoms with van der Waals surface area (Å²) in [7, 11) is 0. The summed E-state index contributed by atoms with van der Waals surface area (Å²) in [6.45, 7) is 10.9. The molecule has 0 fully saturated rings. The summed E-state index contributed by atoms with van der Waals surface area (Å²) < 4.78 is 0. The van der Waals surface area contributed by atoms with Gasteiger partial charge in [-0.1, -0.05) is 0 Å². The summed E-state index contributed by atoms with van der Waals surface area (Å²) in [5, 5.41) is 19.7. The van der Waals surface area contributed by atoms with Crippen molar-refractivity contribution in [3.8, 4) is 0 Å². The monoisotopic (exact) mass is 296 g/mol. The molecule has 0 saturated heterocycles. The average molecular weight is 296 g/mol. The van der Waals surface area contributed by atoms with Crippen LogP contribution in [0, 0.1) is 0 Å². The van der Waals surface area contributed by atoms with Gasteiger partial charge in [-0.25, -0.2) is 0 Å². The maximum atomic E-state index is 9.85. The molecule has 6 nitrogen and oxygen atoms in total. The Kier molecular flexibility index (Phi) is 4.39. The standard InChI is InChI=1S/C15H28N4O2/c1-14(2,20)9-16-5-7-18(11-16)13-19-8-6-17(12-19)10-15(3,4)21/h5-8,20-21H,9-13H2,1-4H3. The average Bonchev–Trinajstić information content (AvgIpc) is 2.85. The zero-order chi connectivity index (χ0) is 15.7. The number of aliphatic hydroxyl groups is 2. The van der Waals surface area contributed by atoms with Gasteiger partial charge in [0.1, 0.15) is 0 Å². The molecule has 2 aliphatic heterocycles. The lowest BCUT2D eigenvalue weighted by molar-refractivity contribution is 0.0358. The van der Waals surface area contributed by atoms with Gasteiger partial charge in [0.2, 0.25) is 0 Å². The Morgan fingerprint density at radius 2 is 1.05 bits per heavy atom. The first-order chi connectivity index (χ1) is 9.61. The number of hydrogen-bond donors (Lipinski definition) is 2. The van der Waals surface area contributed by atoms with Crippen LogP contribution in [0.4, 0.5) is 0 Å². The van der Waals surface area contributed by atoms with Gasteiger partial charge in [0.25, 0.3) is 0 Å². The van der Waals surface area contributed by atoms with E-state index in [1.165, 1.54) is 0 Å². The van der Waals surface area contributed by atoms with Crippen molar-refractivity contribution in [2.75, 3.05) is 33.1 Å². The Morgan fingerprint density at radius 1 is 0.714 bits per heavy atom. The van der Waals surface area contributed by atoms with E-state index in [4.69, 9.17) is 0 Å². The molecule has 0 aromatic heterocycles. The Morgan fingerprint density at radius 3 is 1.38 bits per heavy atom. The minimum atomic E-state index is -0.683. The maximum Gasteiger partial charge on any atom is 0.0927 e. The highest BCUT2D eigenvalue weighted by atomic mass is 16.3. The first kappa shape index (κ1) is 16.0. The molecule has 0 aliphatic carbocycles. The third-order valence-electron chi connectivity index (χ3n) is 3.25. The van der Waals surface area contributed by atoms with Crippen molar-refractivity contribution >= 4 is 0 Å². The molecule has 0 saturated carbocycles. The van der Waals surface area contributed by atoms with E-state index in [9.17, 15) is 10.2 Å². The van der Waals surface area contributed by atoms with Gasteiger partial charge in [-0.3, -0.25) is 0 Å². The van der Waals surface area contributed by atoms with Crippen molar-refractivity contribution in [2.45, 2.75) is 38.9 Å². The van der Waals surface area contributed by atoms with Crippen LogP contribution in [0.1, 0.15) is 27.7 Å². The molecule has 2 N–H and O–H groups in total. The fraction of sp³-hybridized carbons (Fsp3) is 0.733. The van der Waals surface area contributed by atoms with Gasteiger partial charge in [0.15, 0.2) is 0 Å². The van der Waals surface area contributed by atoms with Gasteiger partial charge in [0, 0.05) is 37.9 Å². The van der Waals surface area contributed by atoms with Gasteiger partial charge in [-0.2, -0.15) is 0 Å². The van der Waals surface area contributed by atoms with Gasteiger partial charge < -0.3 is 29.8 Å². The molecule has 2 rings (SSSR count). The van der Waals surface area contributed by atoms with E-state index >= 15 is 0 Å². The van der Waals surface area contributed by atoms with Crippen LogP contribution in [0.5, 0.6) is 0 Å². The molecule has 0 aromatic rings. The third-order valence-corrected chi connectivity index (χ3v) is 3.25. The van der Waals surface area contributed by atoms with E-state index in [-0.39, 0.29) is 0 Å². The SMILES string of the molecule is CC(C)(O)CN1C=CN(CN2C=CN(CC(C)(C)O)C2)C1. The van der Waals surface area contributed by atoms with Gasteiger partial charge in [0.05, 0.1) is 31.2 Å². The Balaban J connectivity index is 1.73. The highest BCUT2D eigenvalue weighted by Gasteiger charge is 2.24. The summed E-state index contributed by atoms with van der Waals surface area (Å²) in [6, 6.07) is 0. The van der Waals surface area contributed by atoms with Crippen LogP contribution in [0.2, 0.25) is 0 Å². The lowest BCUT2D eigenvalue weighted by Crippen LogP contribution is -2.41. The van der Waals surface area contributed by atoms with Crippen molar-refractivity contribution in [2.24, 2.45) is 0 Å². The van der Waals surface area contributed by atoms with E-state index < -0.39 is 11.2 Å². The highest BCUT2D eigenvalue weighted by molar-refractivity contribution is 4.96. The number of hydrogen-bond acceptors (Lipinski definition) is 6. The second kappa shape index (κ2) is 5.77. The lowest BCUT2D eigenvalue weighted by atomic mass is 10.1. The van der Waals surface area contributed by atoms with E-state index in [2.05, 4.69) is 32.0 Å². The summed E-state index contributed by atoms with van der Waals surface area (Å²) in [4.78, 5) is 8.61. The molecular weight excluding hydrogens is 268 g/mol. The van der Waals surface area contributed by atoms with Gasteiger partial charge in [-0.05, 0) is 27.7 Å². The van der Waals surface area contributed by atoms with Gasteiger partial charge >= 0.3 is 0 Å². The summed E-state index contributed by atoms with van der Waals surface area (Å²) >= 11 is 0. The molecule has 2 aliphatic rings. The molecule has 0 spiro atoms. The Bertz CT molecular complexity index is 371. The fourth-order valence-corrected chi connectivity index (χ4v) is 2.65. The van der Waals surface area contributed by atoms with Crippen molar-refractivity contribution < 1.29 is 10.2 Å². The fourth-order valence-electron chi connectivity index (χ4n) is 2.65. The molecule has 0 bridgehead atoms. The lowest BCUT2D eigenvalue weighted by Gasteiger charge is -2.30. The normalized spacial score (nSPS) is 19.3. The Hall–Kier alpha value is -1.40. The molecule has 0 atom stereocenters. The zero-order valence-corrected chi connectivity index (χ0v) is 13.5. The molecule has 21 heavy (non-hydrogen) atoms. The highest BCUT2D eigenvalue weighted by Crippen LogP contribution is 2.16. The molecule has 6 heteroatoms. The van der Waals surface area contributed by atoms with Crippen molar-refractivity contribution in [1.29, 1.82) is 0 Å². The van der Waals surface area contributed by atoms with Crippen LogP contribution < -0.4 is 0 Å². The smallest absolute Gasteiger partial charge is 0.0927 e. The topological polar surface area (TPSA) is 53.4 Å². The second-order valence-corrected chi connectivity index (χ2v) is 7.32. The second-order valence-electron chi connectivity index (χ2n) is 7.32. The zero-order valence-electron chi connectivity index (χ0n) is 13.5. The summed E-state index contributed by atoms with van der Waals surface area (Å²) in [5.41, 5.74) is -1.37. The molecule has 0 aromatic carbocycles. The number of β-amino-alcohol motifs (C(OH)–C–C–N with tert-alkyl or cyclic N) is 2. The van der Waals surface area contributed by atoms with Crippen LogP contribution in [0.15, 0.2) is 24.8 Å². The summed E-state index contributed by atoms with van der Waals surface area (Å²) in [5.74, 6) is 0. The number of nitrogens with zero attached hydrogens (tertiary/aromatic N) is 4. The minimum Gasteiger partial charge on any atom is -0.389 e. The van der Waals surface area contributed by atoms with Crippen LogP contribution >= 0.6 is 0 Å². The van der Waals surface area contributed by atoms with E-state index in [0.717, 1.165) is 20.0 Å². The van der Waals surface area contributed by atoms with Crippen LogP contribution in [-0.4, -0.2) is 74.1 Å². The van der Waals surface area contributed by atoms with E-state index in [1.54, 1.807) is 0 Å². The Labute approximate surface area is 127 Å².